The van der Waals surface area contributed by atoms with Crippen LogP contribution in [0.2, 0.25) is 0 Å². The average Bonchev–Trinajstić information content (AvgIpc) is 2.58. The van der Waals surface area contributed by atoms with Crippen LogP contribution in [0.1, 0.15) is 31.9 Å². The molecule has 0 spiro atoms. The Bertz CT molecular complexity index is 329. The number of nitrogens with zero attached hydrogens (tertiary/aromatic N) is 3. The van der Waals surface area contributed by atoms with E-state index in [0.29, 0.717) is 6.04 Å². The minimum Gasteiger partial charge on any atom is -0.328 e. The number of aryl methyl sites for hydroxylation is 1. The number of halogens is 1. The molecule has 2 unspecified atom stereocenters. The molecule has 2 rings (SSSR count). The van der Waals surface area contributed by atoms with Crippen LogP contribution in [0, 0.1) is 0 Å². The lowest BCUT2D eigenvalue weighted by molar-refractivity contribution is 0.439. The lowest BCUT2D eigenvalue weighted by atomic mass is 9.85. The lowest BCUT2D eigenvalue weighted by Crippen LogP contribution is -2.25. The highest BCUT2D eigenvalue weighted by Crippen LogP contribution is 2.41. The average molecular weight is 259 g/mol. The third-order valence-corrected chi connectivity index (χ3v) is 3.67. The summed E-state index contributed by atoms with van der Waals surface area (Å²) in [5.41, 5.74) is 7.26. The molecule has 0 radical (unpaired) electrons. The van der Waals surface area contributed by atoms with Gasteiger partial charge in [-0.1, -0.05) is 12.1 Å². The monoisotopic (exact) mass is 258 g/mol. The van der Waals surface area contributed by atoms with Gasteiger partial charge in [-0.3, -0.25) is 4.68 Å². The number of hydrogen-bond acceptors (Lipinski definition) is 3. The van der Waals surface area contributed by atoms with E-state index in [1.54, 1.807) is 0 Å². The molecule has 1 aromatic rings. The van der Waals surface area contributed by atoms with Crippen molar-refractivity contribution in [1.82, 2.24) is 15.0 Å². The summed E-state index contributed by atoms with van der Waals surface area (Å²) in [5.74, 6) is 0. The first-order valence-electron chi connectivity index (χ1n) is 4.84. The SMILES string of the molecule is Cn1nnc(Br)c1C1(C)CCC(N)C1. The second kappa shape index (κ2) is 3.31. The van der Waals surface area contributed by atoms with Crippen molar-refractivity contribution >= 4 is 15.9 Å². The third-order valence-electron chi connectivity index (χ3n) is 3.14. The van der Waals surface area contributed by atoms with Gasteiger partial charge in [0.05, 0.1) is 5.69 Å². The minimum atomic E-state index is 0.135. The van der Waals surface area contributed by atoms with Crippen LogP contribution in [-0.4, -0.2) is 21.0 Å². The summed E-state index contributed by atoms with van der Waals surface area (Å²) >= 11 is 3.45. The first-order chi connectivity index (χ1) is 6.53. The Balaban J connectivity index is 2.39. The number of aromatic nitrogens is 3. The summed E-state index contributed by atoms with van der Waals surface area (Å²) in [6.45, 7) is 2.24. The topological polar surface area (TPSA) is 56.7 Å². The second-order valence-electron chi connectivity index (χ2n) is 4.42. The summed E-state index contributed by atoms with van der Waals surface area (Å²) in [5, 5.41) is 8.03. The van der Waals surface area contributed by atoms with Gasteiger partial charge in [0.15, 0.2) is 4.60 Å². The second-order valence-corrected chi connectivity index (χ2v) is 5.17. The number of rotatable bonds is 1. The third kappa shape index (κ3) is 1.48. The molecule has 1 aliphatic carbocycles. The zero-order chi connectivity index (χ0) is 10.3. The van der Waals surface area contributed by atoms with E-state index in [-0.39, 0.29) is 5.41 Å². The molecule has 1 saturated carbocycles. The zero-order valence-electron chi connectivity index (χ0n) is 8.50. The number of nitrogens with two attached hydrogens (primary N) is 1. The summed E-state index contributed by atoms with van der Waals surface area (Å²) in [6.07, 6.45) is 3.23. The summed E-state index contributed by atoms with van der Waals surface area (Å²) < 4.78 is 2.71. The van der Waals surface area contributed by atoms with Crippen LogP contribution < -0.4 is 5.73 Å². The molecular formula is C9H15BrN4. The van der Waals surface area contributed by atoms with Crippen molar-refractivity contribution in [2.75, 3.05) is 0 Å². The molecule has 14 heavy (non-hydrogen) atoms. The molecule has 0 saturated heterocycles. The molecule has 0 bridgehead atoms. The molecule has 78 valence electrons. The smallest absolute Gasteiger partial charge is 0.152 e. The zero-order valence-corrected chi connectivity index (χ0v) is 10.1. The normalized spacial score (nSPS) is 32.4. The predicted molar refractivity (Wildman–Crippen MR) is 57.9 cm³/mol. The Morgan fingerprint density at radius 3 is 2.79 bits per heavy atom. The molecule has 1 aromatic heterocycles. The van der Waals surface area contributed by atoms with Gasteiger partial charge in [-0.05, 0) is 35.2 Å². The first-order valence-corrected chi connectivity index (χ1v) is 5.63. The van der Waals surface area contributed by atoms with Crippen LogP contribution in [0.4, 0.5) is 0 Å². The van der Waals surface area contributed by atoms with Crippen LogP contribution in [0.5, 0.6) is 0 Å². The molecule has 1 heterocycles. The van der Waals surface area contributed by atoms with Gasteiger partial charge in [0.1, 0.15) is 0 Å². The molecule has 1 aliphatic rings. The lowest BCUT2D eigenvalue weighted by Gasteiger charge is -2.23. The maximum absolute atomic E-state index is 5.95. The highest BCUT2D eigenvalue weighted by Gasteiger charge is 2.39. The van der Waals surface area contributed by atoms with Crippen molar-refractivity contribution in [3.63, 3.8) is 0 Å². The molecule has 0 amide bonds. The van der Waals surface area contributed by atoms with Gasteiger partial charge < -0.3 is 5.73 Å². The Morgan fingerprint density at radius 2 is 2.36 bits per heavy atom. The van der Waals surface area contributed by atoms with Gasteiger partial charge >= 0.3 is 0 Å². The van der Waals surface area contributed by atoms with Gasteiger partial charge in [-0.2, -0.15) is 0 Å². The highest BCUT2D eigenvalue weighted by molar-refractivity contribution is 9.10. The molecule has 2 atom stereocenters. The predicted octanol–water partition coefficient (Wildman–Crippen LogP) is 1.35. The molecule has 5 heteroatoms. The van der Waals surface area contributed by atoms with Gasteiger partial charge in [-0.25, -0.2) is 0 Å². The van der Waals surface area contributed by atoms with Gasteiger partial charge in [0.25, 0.3) is 0 Å². The molecule has 0 aromatic carbocycles. The molecule has 2 N–H and O–H groups in total. The summed E-state index contributed by atoms with van der Waals surface area (Å²) in [6, 6.07) is 0.321. The van der Waals surface area contributed by atoms with E-state index < -0.39 is 0 Å². The fourth-order valence-corrected chi connectivity index (χ4v) is 3.28. The van der Waals surface area contributed by atoms with Crippen molar-refractivity contribution in [2.24, 2.45) is 12.8 Å². The van der Waals surface area contributed by atoms with E-state index in [1.807, 2.05) is 11.7 Å². The van der Waals surface area contributed by atoms with Crippen LogP contribution in [0.15, 0.2) is 4.60 Å². The molecular weight excluding hydrogens is 244 g/mol. The van der Waals surface area contributed by atoms with Gasteiger partial charge in [0.2, 0.25) is 0 Å². The van der Waals surface area contributed by atoms with Crippen LogP contribution in [-0.2, 0) is 12.5 Å². The van der Waals surface area contributed by atoms with Crippen molar-refractivity contribution in [1.29, 1.82) is 0 Å². The van der Waals surface area contributed by atoms with E-state index in [9.17, 15) is 0 Å². The largest absolute Gasteiger partial charge is 0.328 e. The summed E-state index contributed by atoms with van der Waals surface area (Å²) in [7, 11) is 1.93. The van der Waals surface area contributed by atoms with Crippen molar-refractivity contribution in [3.05, 3.63) is 10.3 Å². The minimum absolute atomic E-state index is 0.135. The van der Waals surface area contributed by atoms with Crippen molar-refractivity contribution < 1.29 is 0 Å². The maximum atomic E-state index is 5.95. The maximum Gasteiger partial charge on any atom is 0.152 e. The van der Waals surface area contributed by atoms with E-state index in [1.165, 1.54) is 5.69 Å². The van der Waals surface area contributed by atoms with Crippen LogP contribution in [0.3, 0.4) is 0 Å². The van der Waals surface area contributed by atoms with Gasteiger partial charge in [0, 0.05) is 18.5 Å². The van der Waals surface area contributed by atoms with Crippen molar-refractivity contribution in [2.45, 2.75) is 37.6 Å². The fraction of sp³-hybridized carbons (Fsp3) is 0.778. The standard InChI is InChI=1S/C9H15BrN4/c1-9(4-3-6(11)5-9)7-8(10)12-13-14(7)2/h6H,3-5,11H2,1-2H3. The Kier molecular flexibility index (Phi) is 2.39. The van der Waals surface area contributed by atoms with E-state index in [0.717, 1.165) is 23.9 Å². The van der Waals surface area contributed by atoms with E-state index in [2.05, 4.69) is 33.2 Å². The Morgan fingerprint density at radius 1 is 1.64 bits per heavy atom. The molecule has 0 aliphatic heterocycles. The summed E-state index contributed by atoms with van der Waals surface area (Å²) in [4.78, 5) is 0. The molecule has 4 nitrogen and oxygen atoms in total. The number of hydrogen-bond donors (Lipinski definition) is 1. The van der Waals surface area contributed by atoms with Crippen molar-refractivity contribution in [3.8, 4) is 0 Å². The quantitative estimate of drug-likeness (QED) is 0.828. The van der Waals surface area contributed by atoms with E-state index in [4.69, 9.17) is 5.73 Å². The van der Waals surface area contributed by atoms with Crippen LogP contribution in [0.25, 0.3) is 0 Å². The van der Waals surface area contributed by atoms with Crippen LogP contribution >= 0.6 is 15.9 Å². The molecule has 1 fully saturated rings. The fourth-order valence-electron chi connectivity index (χ4n) is 2.47. The highest BCUT2D eigenvalue weighted by atomic mass is 79.9. The van der Waals surface area contributed by atoms with Gasteiger partial charge in [-0.15, -0.1) is 5.10 Å². The Hall–Kier alpha value is -0.420. The Labute approximate surface area is 92.0 Å². The first kappa shape index (κ1) is 10.1. The van der Waals surface area contributed by atoms with E-state index >= 15 is 0 Å².